The van der Waals surface area contributed by atoms with Gasteiger partial charge in [0, 0.05) is 18.1 Å². The minimum Gasteiger partial charge on any atom is -0.328 e. The molecular formula is C26H57N3. The Morgan fingerprint density at radius 3 is 1.41 bits per heavy atom. The van der Waals surface area contributed by atoms with Gasteiger partial charge in [-0.05, 0) is 63.7 Å². The molecule has 0 aromatic heterocycles. The zero-order valence-electron chi connectivity index (χ0n) is 20.6. The standard InChI is InChI=1S/C26H57N3/c1-5-6-13-22(2)14-11-12-17-25(28)15-9-7-8-10-16-26(29)21-19-23(3)18-20-24(4)27/h22-26H,5-21,27-29H2,1-4H3. The first-order chi connectivity index (χ1) is 13.8. The average molecular weight is 412 g/mol. The fourth-order valence-corrected chi connectivity index (χ4v) is 4.24. The third kappa shape index (κ3) is 20.9. The van der Waals surface area contributed by atoms with Gasteiger partial charge in [-0.2, -0.15) is 0 Å². The summed E-state index contributed by atoms with van der Waals surface area (Å²) in [5, 5.41) is 0. The third-order valence-corrected chi connectivity index (χ3v) is 6.62. The molecule has 0 saturated heterocycles. The van der Waals surface area contributed by atoms with Crippen molar-refractivity contribution in [2.24, 2.45) is 29.0 Å². The molecule has 176 valence electrons. The van der Waals surface area contributed by atoms with E-state index in [2.05, 4.69) is 27.7 Å². The number of unbranched alkanes of at least 4 members (excludes halogenated alkanes) is 5. The van der Waals surface area contributed by atoms with E-state index in [-0.39, 0.29) is 0 Å². The average Bonchev–Trinajstić information content (AvgIpc) is 2.68. The van der Waals surface area contributed by atoms with Crippen LogP contribution < -0.4 is 17.2 Å². The molecule has 3 heteroatoms. The van der Waals surface area contributed by atoms with E-state index in [1.54, 1.807) is 0 Å². The normalized spacial score (nSPS) is 17.1. The van der Waals surface area contributed by atoms with Gasteiger partial charge >= 0.3 is 0 Å². The molecule has 3 nitrogen and oxygen atoms in total. The predicted molar refractivity (Wildman–Crippen MR) is 132 cm³/mol. The van der Waals surface area contributed by atoms with Gasteiger partial charge in [0.15, 0.2) is 0 Å². The van der Waals surface area contributed by atoms with Gasteiger partial charge in [0.1, 0.15) is 0 Å². The van der Waals surface area contributed by atoms with Gasteiger partial charge in [-0.25, -0.2) is 0 Å². The summed E-state index contributed by atoms with van der Waals surface area (Å²) in [7, 11) is 0. The van der Waals surface area contributed by atoms with E-state index in [1.807, 2.05) is 0 Å². The maximum Gasteiger partial charge on any atom is 0.00389 e. The van der Waals surface area contributed by atoms with Crippen molar-refractivity contribution in [1.82, 2.24) is 0 Å². The van der Waals surface area contributed by atoms with Crippen LogP contribution in [0.2, 0.25) is 0 Å². The number of rotatable bonds is 21. The molecule has 0 aromatic carbocycles. The Kier molecular flexibility index (Phi) is 19.7. The third-order valence-electron chi connectivity index (χ3n) is 6.62. The zero-order valence-corrected chi connectivity index (χ0v) is 20.6. The van der Waals surface area contributed by atoms with Crippen molar-refractivity contribution in [3.8, 4) is 0 Å². The number of hydrogen-bond donors (Lipinski definition) is 3. The second kappa shape index (κ2) is 19.8. The van der Waals surface area contributed by atoms with Gasteiger partial charge in [-0.3, -0.25) is 0 Å². The molecule has 0 spiro atoms. The Labute approximate surface area is 184 Å². The van der Waals surface area contributed by atoms with Crippen LogP contribution in [-0.2, 0) is 0 Å². The highest BCUT2D eigenvalue weighted by Crippen LogP contribution is 2.18. The smallest absolute Gasteiger partial charge is 0.00389 e. The van der Waals surface area contributed by atoms with E-state index >= 15 is 0 Å². The second-order valence-corrected chi connectivity index (χ2v) is 10.3. The lowest BCUT2D eigenvalue weighted by Crippen LogP contribution is -2.21. The summed E-state index contributed by atoms with van der Waals surface area (Å²) in [5.41, 5.74) is 18.5. The zero-order chi connectivity index (χ0) is 21.9. The highest BCUT2D eigenvalue weighted by molar-refractivity contribution is 4.67. The molecule has 0 amide bonds. The summed E-state index contributed by atoms with van der Waals surface area (Å²) in [6.07, 6.45) is 21.8. The van der Waals surface area contributed by atoms with Crippen LogP contribution >= 0.6 is 0 Å². The molecule has 6 N–H and O–H groups in total. The van der Waals surface area contributed by atoms with Crippen LogP contribution in [-0.4, -0.2) is 18.1 Å². The summed E-state index contributed by atoms with van der Waals surface area (Å²) in [4.78, 5) is 0. The summed E-state index contributed by atoms with van der Waals surface area (Å²) in [6, 6.07) is 1.13. The largest absolute Gasteiger partial charge is 0.328 e. The lowest BCUT2D eigenvalue weighted by atomic mass is 9.94. The molecule has 0 bridgehead atoms. The molecule has 5 atom stereocenters. The van der Waals surface area contributed by atoms with Gasteiger partial charge in [-0.15, -0.1) is 0 Å². The maximum absolute atomic E-state index is 6.32. The highest BCUT2D eigenvalue weighted by atomic mass is 14.6. The first kappa shape index (κ1) is 28.9. The topological polar surface area (TPSA) is 78.1 Å². The quantitative estimate of drug-likeness (QED) is 0.179. The molecule has 0 aromatic rings. The Morgan fingerprint density at radius 1 is 0.448 bits per heavy atom. The number of hydrogen-bond acceptors (Lipinski definition) is 3. The van der Waals surface area contributed by atoms with Crippen LogP contribution in [0.1, 0.15) is 137 Å². The molecule has 0 aliphatic rings. The Balaban J connectivity index is 3.45. The van der Waals surface area contributed by atoms with Crippen LogP contribution in [0.3, 0.4) is 0 Å². The first-order valence-electron chi connectivity index (χ1n) is 13.1. The van der Waals surface area contributed by atoms with Crippen LogP contribution in [0, 0.1) is 11.8 Å². The fraction of sp³-hybridized carbons (Fsp3) is 1.00. The lowest BCUT2D eigenvalue weighted by molar-refractivity contribution is 0.404. The molecule has 5 unspecified atom stereocenters. The van der Waals surface area contributed by atoms with E-state index < -0.39 is 0 Å². The molecule has 0 fully saturated rings. The molecule has 0 heterocycles. The van der Waals surface area contributed by atoms with Crippen molar-refractivity contribution in [1.29, 1.82) is 0 Å². The van der Waals surface area contributed by atoms with Gasteiger partial charge in [0.25, 0.3) is 0 Å². The van der Waals surface area contributed by atoms with Gasteiger partial charge < -0.3 is 17.2 Å². The molecule has 0 rings (SSSR count). The molecule has 0 aliphatic carbocycles. The van der Waals surface area contributed by atoms with E-state index in [0.29, 0.717) is 18.1 Å². The minimum absolute atomic E-state index is 0.332. The SMILES string of the molecule is CCCCC(C)CCCCC(N)CCCCCCC(N)CCC(C)CCC(C)N. The molecule has 29 heavy (non-hydrogen) atoms. The number of nitrogens with two attached hydrogens (primary N) is 3. The van der Waals surface area contributed by atoms with E-state index in [0.717, 1.165) is 18.3 Å². The Bertz CT molecular complexity index is 332. The predicted octanol–water partition coefficient (Wildman–Crippen LogP) is 6.91. The maximum atomic E-state index is 6.32. The Hall–Kier alpha value is -0.120. The van der Waals surface area contributed by atoms with Crippen molar-refractivity contribution in [3.05, 3.63) is 0 Å². The molecular weight excluding hydrogens is 354 g/mol. The summed E-state index contributed by atoms with van der Waals surface area (Å²) < 4.78 is 0. The monoisotopic (exact) mass is 411 g/mol. The molecule has 0 aliphatic heterocycles. The van der Waals surface area contributed by atoms with Gasteiger partial charge in [0.2, 0.25) is 0 Å². The van der Waals surface area contributed by atoms with Crippen molar-refractivity contribution < 1.29 is 0 Å². The van der Waals surface area contributed by atoms with E-state index in [1.165, 1.54) is 103 Å². The fourth-order valence-electron chi connectivity index (χ4n) is 4.24. The summed E-state index contributed by atoms with van der Waals surface area (Å²) in [5.74, 6) is 1.66. The van der Waals surface area contributed by atoms with Crippen molar-refractivity contribution >= 4 is 0 Å². The molecule has 0 radical (unpaired) electrons. The van der Waals surface area contributed by atoms with Crippen LogP contribution in [0.15, 0.2) is 0 Å². The highest BCUT2D eigenvalue weighted by Gasteiger charge is 2.09. The van der Waals surface area contributed by atoms with Crippen LogP contribution in [0.5, 0.6) is 0 Å². The minimum atomic E-state index is 0.332. The van der Waals surface area contributed by atoms with Gasteiger partial charge in [-0.1, -0.05) is 85.0 Å². The van der Waals surface area contributed by atoms with E-state index in [4.69, 9.17) is 17.2 Å². The lowest BCUT2D eigenvalue weighted by Gasteiger charge is -2.16. The molecule has 0 saturated carbocycles. The first-order valence-corrected chi connectivity index (χ1v) is 13.1. The summed E-state index contributed by atoms with van der Waals surface area (Å²) >= 11 is 0. The van der Waals surface area contributed by atoms with Crippen LogP contribution in [0.25, 0.3) is 0 Å². The second-order valence-electron chi connectivity index (χ2n) is 10.3. The van der Waals surface area contributed by atoms with Crippen LogP contribution in [0.4, 0.5) is 0 Å². The van der Waals surface area contributed by atoms with Crippen molar-refractivity contribution in [3.63, 3.8) is 0 Å². The Morgan fingerprint density at radius 2 is 0.862 bits per heavy atom. The van der Waals surface area contributed by atoms with Gasteiger partial charge in [0.05, 0.1) is 0 Å². The van der Waals surface area contributed by atoms with E-state index in [9.17, 15) is 0 Å². The van der Waals surface area contributed by atoms with Crippen molar-refractivity contribution in [2.75, 3.05) is 0 Å². The summed E-state index contributed by atoms with van der Waals surface area (Å²) in [6.45, 7) is 9.13. The van der Waals surface area contributed by atoms with Crippen molar-refractivity contribution in [2.45, 2.75) is 155 Å².